The number of rotatable bonds is 2. The van der Waals surface area contributed by atoms with E-state index in [0.717, 1.165) is 0 Å². The van der Waals surface area contributed by atoms with Crippen LogP contribution in [0.4, 0.5) is 0 Å². The molecule has 1 aromatic heterocycles. The van der Waals surface area contributed by atoms with Crippen molar-refractivity contribution in [3.05, 3.63) is 27.7 Å². The number of aromatic amines is 1. The Bertz CT molecular complexity index is 370. The fourth-order valence-corrected chi connectivity index (χ4v) is 0.903. The maximum absolute atomic E-state index is 11.2. The zero-order chi connectivity index (χ0) is 9.84. The molecule has 0 aliphatic heterocycles. The Labute approximate surface area is 74.7 Å². The van der Waals surface area contributed by atoms with Crippen molar-refractivity contribution in [2.75, 3.05) is 6.61 Å². The molecule has 0 bridgehead atoms. The van der Waals surface area contributed by atoms with E-state index in [-0.39, 0.29) is 11.3 Å². The lowest BCUT2D eigenvalue weighted by Crippen LogP contribution is -2.16. The third-order valence-electron chi connectivity index (χ3n) is 1.47. The summed E-state index contributed by atoms with van der Waals surface area (Å²) in [5.74, 6) is -0.517. The summed E-state index contributed by atoms with van der Waals surface area (Å²) < 4.78 is 4.73. The Morgan fingerprint density at radius 1 is 1.69 bits per heavy atom. The summed E-state index contributed by atoms with van der Waals surface area (Å²) in [7, 11) is 0. The molecule has 1 rings (SSSR count). The van der Waals surface area contributed by atoms with E-state index in [1.165, 1.54) is 6.07 Å². The van der Waals surface area contributed by atoms with Gasteiger partial charge in [-0.1, -0.05) is 0 Å². The molecule has 5 heteroatoms. The van der Waals surface area contributed by atoms with E-state index in [1.54, 1.807) is 13.8 Å². The van der Waals surface area contributed by atoms with E-state index < -0.39 is 5.97 Å². The summed E-state index contributed by atoms with van der Waals surface area (Å²) in [6.07, 6.45) is 0. The first kappa shape index (κ1) is 9.44. The summed E-state index contributed by atoms with van der Waals surface area (Å²) in [6.45, 7) is 3.63. The van der Waals surface area contributed by atoms with Crippen molar-refractivity contribution in [3.8, 4) is 0 Å². The van der Waals surface area contributed by atoms with Crippen LogP contribution in [0.15, 0.2) is 10.9 Å². The molecule has 1 heterocycles. The minimum atomic E-state index is -0.517. The van der Waals surface area contributed by atoms with Crippen LogP contribution in [0.25, 0.3) is 0 Å². The average molecular weight is 182 g/mol. The number of aromatic nitrogens is 2. The molecule has 0 radical (unpaired) electrons. The number of H-pyrrole nitrogens is 1. The van der Waals surface area contributed by atoms with Gasteiger partial charge in [0, 0.05) is 6.07 Å². The highest BCUT2D eigenvalue weighted by Crippen LogP contribution is 2.01. The van der Waals surface area contributed by atoms with Crippen LogP contribution in [0, 0.1) is 6.92 Å². The molecule has 70 valence electrons. The molecule has 5 nitrogen and oxygen atoms in total. The van der Waals surface area contributed by atoms with Crippen molar-refractivity contribution in [2.24, 2.45) is 0 Å². The van der Waals surface area contributed by atoms with E-state index in [0.29, 0.717) is 12.2 Å². The monoisotopic (exact) mass is 182 g/mol. The number of ether oxygens (including phenoxy) is 1. The Morgan fingerprint density at radius 3 is 2.92 bits per heavy atom. The van der Waals surface area contributed by atoms with Crippen LogP contribution in [0.2, 0.25) is 0 Å². The molecular formula is C8H10N2O3. The highest BCUT2D eigenvalue weighted by molar-refractivity contribution is 5.88. The molecule has 1 N–H and O–H groups in total. The predicted octanol–water partition coefficient (Wildman–Crippen LogP) is 0.255. The third kappa shape index (κ3) is 2.14. The maximum Gasteiger partial charge on any atom is 0.359 e. The van der Waals surface area contributed by atoms with Crippen LogP contribution < -0.4 is 5.56 Å². The topological polar surface area (TPSA) is 72.0 Å². The molecule has 0 spiro atoms. The van der Waals surface area contributed by atoms with E-state index >= 15 is 0 Å². The van der Waals surface area contributed by atoms with Gasteiger partial charge in [0.15, 0.2) is 5.69 Å². The first-order valence-electron chi connectivity index (χ1n) is 3.88. The number of hydrogen-bond acceptors (Lipinski definition) is 4. The van der Waals surface area contributed by atoms with Crippen LogP contribution in [-0.4, -0.2) is 22.8 Å². The zero-order valence-electron chi connectivity index (χ0n) is 7.46. The molecule has 0 fully saturated rings. The van der Waals surface area contributed by atoms with Gasteiger partial charge in [-0.2, -0.15) is 5.10 Å². The van der Waals surface area contributed by atoms with Gasteiger partial charge < -0.3 is 4.74 Å². The van der Waals surface area contributed by atoms with Crippen molar-refractivity contribution in [1.29, 1.82) is 0 Å². The second-order valence-electron chi connectivity index (χ2n) is 2.48. The standard InChI is InChI=1S/C8H10N2O3/c1-3-13-8(12)7-5(2)4-6(11)9-10-7/h4H,3H2,1-2H3,(H,9,11). The molecule has 0 unspecified atom stereocenters. The molecule has 0 saturated carbocycles. The van der Waals surface area contributed by atoms with Gasteiger partial charge in [-0.25, -0.2) is 9.89 Å². The van der Waals surface area contributed by atoms with Crippen molar-refractivity contribution >= 4 is 5.97 Å². The largest absolute Gasteiger partial charge is 0.461 e. The van der Waals surface area contributed by atoms with Gasteiger partial charge in [0.2, 0.25) is 0 Å². The van der Waals surface area contributed by atoms with Crippen LogP contribution in [0.3, 0.4) is 0 Å². The Hall–Kier alpha value is -1.65. The van der Waals surface area contributed by atoms with E-state index in [9.17, 15) is 9.59 Å². The molecular weight excluding hydrogens is 172 g/mol. The lowest BCUT2D eigenvalue weighted by atomic mass is 10.2. The molecule has 0 aliphatic rings. The number of esters is 1. The Kier molecular flexibility index (Phi) is 2.79. The second-order valence-corrected chi connectivity index (χ2v) is 2.48. The summed E-state index contributed by atoms with van der Waals surface area (Å²) in [4.78, 5) is 21.9. The van der Waals surface area contributed by atoms with Crippen LogP contribution >= 0.6 is 0 Å². The molecule has 13 heavy (non-hydrogen) atoms. The third-order valence-corrected chi connectivity index (χ3v) is 1.47. The quantitative estimate of drug-likeness (QED) is 0.665. The van der Waals surface area contributed by atoms with Gasteiger partial charge in [0.1, 0.15) is 0 Å². The van der Waals surface area contributed by atoms with E-state index in [1.807, 2.05) is 0 Å². The fraction of sp³-hybridized carbons (Fsp3) is 0.375. The van der Waals surface area contributed by atoms with Crippen LogP contribution in [0.5, 0.6) is 0 Å². The van der Waals surface area contributed by atoms with Crippen molar-refractivity contribution in [1.82, 2.24) is 10.2 Å². The van der Waals surface area contributed by atoms with Crippen molar-refractivity contribution < 1.29 is 9.53 Å². The number of hydrogen-bond donors (Lipinski definition) is 1. The van der Waals surface area contributed by atoms with Crippen molar-refractivity contribution in [2.45, 2.75) is 13.8 Å². The van der Waals surface area contributed by atoms with Gasteiger partial charge in [0.25, 0.3) is 5.56 Å². The zero-order valence-corrected chi connectivity index (χ0v) is 7.46. The lowest BCUT2D eigenvalue weighted by molar-refractivity contribution is 0.0517. The van der Waals surface area contributed by atoms with Gasteiger partial charge in [-0.3, -0.25) is 4.79 Å². The van der Waals surface area contributed by atoms with E-state index in [2.05, 4.69) is 10.2 Å². The first-order valence-corrected chi connectivity index (χ1v) is 3.88. The molecule has 0 aromatic carbocycles. The van der Waals surface area contributed by atoms with Gasteiger partial charge >= 0.3 is 5.97 Å². The number of carbonyl (C=O) groups is 1. The first-order chi connectivity index (χ1) is 6.15. The molecule has 0 aliphatic carbocycles. The predicted molar refractivity (Wildman–Crippen MR) is 45.6 cm³/mol. The summed E-state index contributed by atoms with van der Waals surface area (Å²) in [6, 6.07) is 1.30. The highest BCUT2D eigenvalue weighted by atomic mass is 16.5. The molecule has 0 atom stereocenters. The van der Waals surface area contributed by atoms with E-state index in [4.69, 9.17) is 4.74 Å². The average Bonchev–Trinajstić information content (AvgIpc) is 2.04. The molecule has 0 amide bonds. The fourth-order valence-electron chi connectivity index (χ4n) is 0.903. The minimum absolute atomic E-state index is 0.154. The SMILES string of the molecule is CCOC(=O)c1n[nH]c(=O)cc1C. The van der Waals surface area contributed by atoms with Gasteiger partial charge in [0.05, 0.1) is 6.61 Å². The normalized spacial score (nSPS) is 9.69. The lowest BCUT2D eigenvalue weighted by Gasteiger charge is -2.01. The van der Waals surface area contributed by atoms with Crippen LogP contribution in [-0.2, 0) is 4.74 Å². The smallest absolute Gasteiger partial charge is 0.359 e. The Balaban J connectivity index is 3.02. The Morgan fingerprint density at radius 2 is 2.38 bits per heavy atom. The number of carbonyl (C=O) groups excluding carboxylic acids is 1. The summed E-state index contributed by atoms with van der Waals surface area (Å²) in [5, 5.41) is 5.76. The van der Waals surface area contributed by atoms with Gasteiger partial charge in [-0.05, 0) is 19.4 Å². The number of nitrogens with zero attached hydrogens (tertiary/aromatic N) is 1. The van der Waals surface area contributed by atoms with Crippen LogP contribution in [0.1, 0.15) is 23.0 Å². The maximum atomic E-state index is 11.2. The minimum Gasteiger partial charge on any atom is -0.461 e. The summed E-state index contributed by atoms with van der Waals surface area (Å²) in [5.41, 5.74) is 0.342. The van der Waals surface area contributed by atoms with Crippen molar-refractivity contribution in [3.63, 3.8) is 0 Å². The highest BCUT2D eigenvalue weighted by Gasteiger charge is 2.11. The number of aryl methyl sites for hydroxylation is 1. The van der Waals surface area contributed by atoms with Gasteiger partial charge in [-0.15, -0.1) is 0 Å². The second kappa shape index (κ2) is 3.84. The number of nitrogens with one attached hydrogen (secondary N) is 1. The molecule has 1 aromatic rings. The summed E-state index contributed by atoms with van der Waals surface area (Å²) >= 11 is 0. The molecule has 0 saturated heterocycles.